The lowest BCUT2D eigenvalue weighted by molar-refractivity contribution is 0.131. The van der Waals surface area contributed by atoms with Gasteiger partial charge in [0, 0.05) is 7.05 Å². The summed E-state index contributed by atoms with van der Waals surface area (Å²) in [5.41, 5.74) is 1.44. The number of carbonyl (C=O) groups is 1. The molecule has 2 rings (SSSR count). The van der Waals surface area contributed by atoms with Crippen molar-refractivity contribution in [3.63, 3.8) is 0 Å². The van der Waals surface area contributed by atoms with Gasteiger partial charge >= 0.3 is 6.09 Å². The highest BCUT2D eigenvalue weighted by Crippen LogP contribution is 2.31. The fourth-order valence-electron chi connectivity index (χ4n) is 1.79. The lowest BCUT2D eigenvalue weighted by atomic mass is 10.0. The Morgan fingerprint density at radius 2 is 2.25 bits per heavy atom. The molecule has 1 aliphatic rings. The second-order valence-corrected chi connectivity index (χ2v) is 3.89. The molecule has 0 radical (unpaired) electrons. The molecule has 0 unspecified atom stereocenters. The third-order valence-corrected chi connectivity index (χ3v) is 2.91. The molecule has 1 amide bonds. The number of likely N-dealkylation sites (N-methyl/N-ethyl adjacent to an activating group) is 1. The van der Waals surface area contributed by atoms with E-state index in [0.717, 1.165) is 5.56 Å². The summed E-state index contributed by atoms with van der Waals surface area (Å²) in [4.78, 5) is 12.9. The molecule has 1 aliphatic heterocycles. The Bertz CT molecular complexity index is 464. The summed E-state index contributed by atoms with van der Waals surface area (Å²) in [6.45, 7) is 1.93. The van der Waals surface area contributed by atoms with Gasteiger partial charge in [0.1, 0.15) is 6.10 Å². The van der Waals surface area contributed by atoms with Gasteiger partial charge in [0.2, 0.25) is 0 Å². The van der Waals surface area contributed by atoms with Gasteiger partial charge in [-0.05, 0) is 24.6 Å². The first-order valence-electron chi connectivity index (χ1n) is 5.07. The molecule has 1 aromatic rings. The fourth-order valence-corrected chi connectivity index (χ4v) is 1.79. The van der Waals surface area contributed by atoms with Crippen molar-refractivity contribution < 1.29 is 9.53 Å². The Hall–Kier alpha value is -2.02. The van der Waals surface area contributed by atoms with Crippen molar-refractivity contribution >= 4 is 6.09 Å². The van der Waals surface area contributed by atoms with Crippen molar-refractivity contribution in [2.75, 3.05) is 7.05 Å². The summed E-state index contributed by atoms with van der Waals surface area (Å²) in [7, 11) is 1.71. The number of hydrogen-bond acceptors (Lipinski definition) is 3. The Morgan fingerprint density at radius 3 is 2.81 bits per heavy atom. The van der Waals surface area contributed by atoms with Crippen molar-refractivity contribution in [3.05, 3.63) is 35.4 Å². The highest BCUT2D eigenvalue weighted by atomic mass is 16.6. The largest absolute Gasteiger partial charge is 0.439 e. The van der Waals surface area contributed by atoms with E-state index in [0.29, 0.717) is 5.56 Å². The molecule has 0 aromatic heterocycles. The molecular weight excluding hydrogens is 204 g/mol. The van der Waals surface area contributed by atoms with Gasteiger partial charge in [-0.15, -0.1) is 0 Å². The van der Waals surface area contributed by atoms with Gasteiger partial charge in [-0.25, -0.2) is 4.79 Å². The zero-order valence-electron chi connectivity index (χ0n) is 9.18. The summed E-state index contributed by atoms with van der Waals surface area (Å²) in [5, 5.41) is 8.81. The van der Waals surface area contributed by atoms with Crippen LogP contribution in [0.25, 0.3) is 0 Å². The Kier molecular flexibility index (Phi) is 2.53. The van der Waals surface area contributed by atoms with Gasteiger partial charge in [-0.1, -0.05) is 12.1 Å². The summed E-state index contributed by atoms with van der Waals surface area (Å²) in [5.74, 6) is 0. The van der Waals surface area contributed by atoms with E-state index < -0.39 is 0 Å². The summed E-state index contributed by atoms with van der Waals surface area (Å²) in [6.07, 6.45) is -0.606. The average molecular weight is 216 g/mol. The first-order chi connectivity index (χ1) is 7.63. The minimum atomic E-state index is -0.320. The number of benzene rings is 1. The molecule has 16 heavy (non-hydrogen) atoms. The van der Waals surface area contributed by atoms with Gasteiger partial charge < -0.3 is 9.64 Å². The molecule has 4 heteroatoms. The Morgan fingerprint density at radius 1 is 1.50 bits per heavy atom. The lowest BCUT2D eigenvalue weighted by Crippen LogP contribution is -2.27. The Balaban J connectivity index is 2.32. The van der Waals surface area contributed by atoms with Crippen LogP contribution in [0.1, 0.15) is 24.2 Å². The van der Waals surface area contributed by atoms with E-state index in [9.17, 15) is 4.79 Å². The van der Waals surface area contributed by atoms with E-state index in [2.05, 4.69) is 6.07 Å². The van der Waals surface area contributed by atoms with Gasteiger partial charge in [0.15, 0.2) is 0 Å². The normalized spacial score (nSPS) is 24.1. The average Bonchev–Trinajstić information content (AvgIpc) is 2.57. The third kappa shape index (κ3) is 1.61. The van der Waals surface area contributed by atoms with Crippen molar-refractivity contribution in [1.82, 2.24) is 4.90 Å². The first-order valence-corrected chi connectivity index (χ1v) is 5.07. The minimum absolute atomic E-state index is 0.0126. The number of cyclic esters (lactones) is 1. The van der Waals surface area contributed by atoms with Gasteiger partial charge in [-0.3, -0.25) is 0 Å². The molecule has 0 aliphatic carbocycles. The van der Waals surface area contributed by atoms with Crippen LogP contribution in [-0.2, 0) is 4.74 Å². The van der Waals surface area contributed by atoms with Crippen LogP contribution in [0.5, 0.6) is 0 Å². The summed E-state index contributed by atoms with van der Waals surface area (Å²) >= 11 is 0. The highest BCUT2D eigenvalue weighted by Gasteiger charge is 2.37. The van der Waals surface area contributed by atoms with E-state index in [1.165, 1.54) is 0 Å². The van der Waals surface area contributed by atoms with E-state index in [1.807, 2.05) is 13.0 Å². The molecule has 2 atom stereocenters. The fraction of sp³-hybridized carbons (Fsp3) is 0.333. The number of carbonyl (C=O) groups excluding carboxylic acids is 1. The van der Waals surface area contributed by atoms with Gasteiger partial charge in [0.05, 0.1) is 17.7 Å². The maximum atomic E-state index is 11.4. The second-order valence-electron chi connectivity index (χ2n) is 3.89. The number of rotatable bonds is 1. The molecule has 1 saturated heterocycles. The molecule has 0 saturated carbocycles. The maximum Gasteiger partial charge on any atom is 0.410 e. The molecule has 1 fully saturated rings. The summed E-state index contributed by atoms with van der Waals surface area (Å²) < 4.78 is 5.25. The second kappa shape index (κ2) is 3.86. The monoisotopic (exact) mass is 216 g/mol. The minimum Gasteiger partial charge on any atom is -0.439 e. The van der Waals surface area contributed by atoms with Gasteiger partial charge in [-0.2, -0.15) is 5.26 Å². The molecule has 0 spiro atoms. The molecule has 0 bridgehead atoms. The van der Waals surface area contributed by atoms with Crippen molar-refractivity contribution in [1.29, 1.82) is 5.26 Å². The van der Waals surface area contributed by atoms with Crippen LogP contribution < -0.4 is 0 Å². The molecule has 1 aromatic carbocycles. The first kappa shape index (κ1) is 10.5. The highest BCUT2D eigenvalue weighted by molar-refractivity contribution is 5.70. The SMILES string of the molecule is C[C@H]1[C@H](c2cccc(C#N)c2)OC(=O)N1C. The van der Waals surface area contributed by atoms with E-state index in [-0.39, 0.29) is 18.2 Å². The predicted octanol–water partition coefficient (Wildman–Crippen LogP) is 2.07. The quantitative estimate of drug-likeness (QED) is 0.722. The van der Waals surface area contributed by atoms with Crippen molar-refractivity contribution in [3.8, 4) is 6.07 Å². The molecule has 82 valence electrons. The molecule has 0 N–H and O–H groups in total. The van der Waals surface area contributed by atoms with Crippen LogP contribution in [-0.4, -0.2) is 24.1 Å². The zero-order valence-corrected chi connectivity index (χ0v) is 9.18. The number of nitriles is 1. The van der Waals surface area contributed by atoms with Gasteiger partial charge in [0.25, 0.3) is 0 Å². The van der Waals surface area contributed by atoms with Crippen LogP contribution in [0.2, 0.25) is 0 Å². The lowest BCUT2D eigenvalue weighted by Gasteiger charge is -2.16. The van der Waals surface area contributed by atoms with Crippen molar-refractivity contribution in [2.24, 2.45) is 0 Å². The van der Waals surface area contributed by atoms with E-state index >= 15 is 0 Å². The van der Waals surface area contributed by atoms with Crippen molar-refractivity contribution in [2.45, 2.75) is 19.1 Å². The van der Waals surface area contributed by atoms with Crippen LogP contribution in [0, 0.1) is 11.3 Å². The van der Waals surface area contributed by atoms with Crippen LogP contribution >= 0.6 is 0 Å². The Labute approximate surface area is 94.0 Å². The zero-order chi connectivity index (χ0) is 11.7. The van der Waals surface area contributed by atoms with E-state index in [1.54, 1.807) is 30.1 Å². The standard InChI is InChI=1S/C12H12N2O2/c1-8-11(16-12(15)14(8)2)10-5-3-4-9(6-10)7-13/h3-6,8,11H,1-2H3/t8-,11+/m0/s1. The van der Waals surface area contributed by atoms with Crippen LogP contribution in [0.3, 0.4) is 0 Å². The number of nitrogens with zero attached hydrogens (tertiary/aromatic N) is 2. The number of ether oxygens (including phenoxy) is 1. The molecular formula is C12H12N2O2. The smallest absolute Gasteiger partial charge is 0.410 e. The van der Waals surface area contributed by atoms with Crippen LogP contribution in [0.15, 0.2) is 24.3 Å². The van der Waals surface area contributed by atoms with Crippen LogP contribution in [0.4, 0.5) is 4.79 Å². The molecule has 1 heterocycles. The molecule has 4 nitrogen and oxygen atoms in total. The topological polar surface area (TPSA) is 53.3 Å². The maximum absolute atomic E-state index is 11.4. The third-order valence-electron chi connectivity index (χ3n) is 2.91. The predicted molar refractivity (Wildman–Crippen MR) is 57.6 cm³/mol. The number of hydrogen-bond donors (Lipinski definition) is 0. The summed E-state index contributed by atoms with van der Waals surface area (Å²) in [6, 6.07) is 9.22. The van der Waals surface area contributed by atoms with E-state index in [4.69, 9.17) is 10.00 Å². The number of amides is 1.